The minimum atomic E-state index is -0.878. The first-order valence-electron chi connectivity index (χ1n) is 5.41. The van der Waals surface area contributed by atoms with E-state index in [1.165, 1.54) is 12.1 Å². The van der Waals surface area contributed by atoms with E-state index < -0.39 is 17.7 Å². The fourth-order valence-electron chi connectivity index (χ4n) is 1.97. The number of benzene rings is 1. The van der Waals surface area contributed by atoms with Crippen molar-refractivity contribution in [3.05, 3.63) is 35.4 Å². The molecule has 1 N–H and O–H groups in total. The first-order chi connectivity index (χ1) is 7.68. The van der Waals surface area contributed by atoms with E-state index in [9.17, 15) is 13.9 Å². The molecular weight excluding hydrogens is 214 g/mol. The summed E-state index contributed by atoms with van der Waals surface area (Å²) in [5, 5.41) is 9.80. The molecule has 4 heteroatoms. The van der Waals surface area contributed by atoms with Gasteiger partial charge in [0.2, 0.25) is 0 Å². The maximum atomic E-state index is 13.3. The molecule has 1 heterocycles. The third-order valence-corrected chi connectivity index (χ3v) is 2.85. The van der Waals surface area contributed by atoms with Crippen LogP contribution in [0.1, 0.15) is 18.4 Å². The third kappa shape index (κ3) is 2.39. The SMILES string of the molecule is OC(Cc1cccc(F)c1F)C1CCCO1. The minimum absolute atomic E-state index is 0.0915. The van der Waals surface area contributed by atoms with Crippen LogP contribution >= 0.6 is 0 Å². The van der Waals surface area contributed by atoms with E-state index in [0.29, 0.717) is 6.61 Å². The fourth-order valence-corrected chi connectivity index (χ4v) is 1.97. The highest BCUT2D eigenvalue weighted by Gasteiger charge is 2.25. The quantitative estimate of drug-likeness (QED) is 0.858. The van der Waals surface area contributed by atoms with Gasteiger partial charge in [-0.15, -0.1) is 0 Å². The second kappa shape index (κ2) is 4.89. The number of hydrogen-bond acceptors (Lipinski definition) is 2. The van der Waals surface area contributed by atoms with Gasteiger partial charge in [-0.1, -0.05) is 12.1 Å². The molecule has 1 aliphatic heterocycles. The van der Waals surface area contributed by atoms with Gasteiger partial charge in [-0.05, 0) is 24.5 Å². The van der Waals surface area contributed by atoms with Crippen LogP contribution in [0.15, 0.2) is 18.2 Å². The lowest BCUT2D eigenvalue weighted by Gasteiger charge is -2.17. The van der Waals surface area contributed by atoms with E-state index in [1.807, 2.05) is 0 Å². The molecular formula is C12H14F2O2. The predicted octanol–water partition coefficient (Wildman–Crippen LogP) is 2.05. The molecule has 1 saturated heterocycles. The number of ether oxygens (including phenoxy) is 1. The predicted molar refractivity (Wildman–Crippen MR) is 55.0 cm³/mol. The van der Waals surface area contributed by atoms with Gasteiger partial charge in [0.25, 0.3) is 0 Å². The molecule has 1 aromatic rings. The summed E-state index contributed by atoms with van der Waals surface area (Å²) in [6, 6.07) is 3.99. The molecule has 1 aromatic carbocycles. The molecule has 0 amide bonds. The molecule has 0 aromatic heterocycles. The van der Waals surface area contributed by atoms with Crippen molar-refractivity contribution in [2.75, 3.05) is 6.61 Å². The highest BCUT2D eigenvalue weighted by atomic mass is 19.2. The van der Waals surface area contributed by atoms with Gasteiger partial charge in [0.15, 0.2) is 11.6 Å². The Kier molecular flexibility index (Phi) is 3.51. The molecule has 2 unspecified atom stereocenters. The molecule has 1 aliphatic rings. The Bertz CT molecular complexity index is 362. The van der Waals surface area contributed by atoms with Crippen molar-refractivity contribution in [2.45, 2.75) is 31.5 Å². The summed E-state index contributed by atoms with van der Waals surface area (Å²) in [4.78, 5) is 0. The Labute approximate surface area is 92.9 Å². The summed E-state index contributed by atoms with van der Waals surface area (Å²) in [5.41, 5.74) is 0.197. The molecule has 0 aliphatic carbocycles. The molecule has 1 fully saturated rings. The summed E-state index contributed by atoms with van der Waals surface area (Å²) in [5.74, 6) is -1.75. The van der Waals surface area contributed by atoms with E-state index in [0.717, 1.165) is 18.9 Å². The third-order valence-electron chi connectivity index (χ3n) is 2.85. The van der Waals surface area contributed by atoms with Crippen LogP contribution in [0.5, 0.6) is 0 Å². The smallest absolute Gasteiger partial charge is 0.162 e. The van der Waals surface area contributed by atoms with Crippen LogP contribution in [0.2, 0.25) is 0 Å². The number of rotatable bonds is 3. The second-order valence-electron chi connectivity index (χ2n) is 4.04. The summed E-state index contributed by atoms with van der Waals surface area (Å²) >= 11 is 0. The van der Waals surface area contributed by atoms with Crippen molar-refractivity contribution in [1.82, 2.24) is 0 Å². The zero-order chi connectivity index (χ0) is 11.5. The molecule has 16 heavy (non-hydrogen) atoms. The maximum absolute atomic E-state index is 13.3. The van der Waals surface area contributed by atoms with E-state index in [4.69, 9.17) is 4.74 Å². The van der Waals surface area contributed by atoms with Crippen molar-refractivity contribution in [1.29, 1.82) is 0 Å². The number of aliphatic hydroxyl groups excluding tert-OH is 1. The fraction of sp³-hybridized carbons (Fsp3) is 0.500. The lowest BCUT2D eigenvalue weighted by Crippen LogP contribution is -2.27. The number of hydrogen-bond donors (Lipinski definition) is 1. The van der Waals surface area contributed by atoms with Gasteiger partial charge in [0, 0.05) is 13.0 Å². The maximum Gasteiger partial charge on any atom is 0.162 e. The molecule has 0 bridgehead atoms. The van der Waals surface area contributed by atoms with Crippen LogP contribution in [-0.4, -0.2) is 23.9 Å². The van der Waals surface area contributed by atoms with Gasteiger partial charge in [-0.25, -0.2) is 8.78 Å². The summed E-state index contributed by atoms with van der Waals surface area (Å²) in [6.45, 7) is 0.632. The van der Waals surface area contributed by atoms with Gasteiger partial charge in [0.05, 0.1) is 12.2 Å². The van der Waals surface area contributed by atoms with Gasteiger partial charge >= 0.3 is 0 Å². The van der Waals surface area contributed by atoms with Crippen LogP contribution in [0.4, 0.5) is 8.78 Å². The van der Waals surface area contributed by atoms with Crippen LogP contribution in [0, 0.1) is 11.6 Å². The van der Waals surface area contributed by atoms with Crippen molar-refractivity contribution >= 4 is 0 Å². The first-order valence-corrected chi connectivity index (χ1v) is 5.41. The van der Waals surface area contributed by atoms with Crippen LogP contribution < -0.4 is 0 Å². The molecule has 2 atom stereocenters. The normalized spacial score (nSPS) is 22.3. The summed E-state index contributed by atoms with van der Waals surface area (Å²) in [6.07, 6.45) is 0.765. The largest absolute Gasteiger partial charge is 0.390 e. The van der Waals surface area contributed by atoms with Crippen LogP contribution in [-0.2, 0) is 11.2 Å². The Morgan fingerprint density at radius 1 is 1.44 bits per heavy atom. The summed E-state index contributed by atoms with van der Waals surface area (Å²) in [7, 11) is 0. The van der Waals surface area contributed by atoms with Crippen LogP contribution in [0.3, 0.4) is 0 Å². The highest BCUT2D eigenvalue weighted by molar-refractivity contribution is 5.19. The zero-order valence-corrected chi connectivity index (χ0v) is 8.83. The monoisotopic (exact) mass is 228 g/mol. The molecule has 2 rings (SSSR count). The average molecular weight is 228 g/mol. The Morgan fingerprint density at radius 2 is 2.25 bits per heavy atom. The Balaban J connectivity index is 2.05. The average Bonchev–Trinajstić information content (AvgIpc) is 2.78. The van der Waals surface area contributed by atoms with Gasteiger partial charge in [0.1, 0.15) is 0 Å². The van der Waals surface area contributed by atoms with Crippen molar-refractivity contribution in [3.8, 4) is 0 Å². The van der Waals surface area contributed by atoms with E-state index in [-0.39, 0.29) is 18.1 Å². The lowest BCUT2D eigenvalue weighted by molar-refractivity contribution is -0.00118. The standard InChI is InChI=1S/C12H14F2O2/c13-9-4-1-3-8(12(9)14)7-10(15)11-5-2-6-16-11/h1,3-4,10-11,15H,2,5-7H2. The topological polar surface area (TPSA) is 29.5 Å². The van der Waals surface area contributed by atoms with Crippen molar-refractivity contribution in [3.63, 3.8) is 0 Å². The van der Waals surface area contributed by atoms with Crippen LogP contribution in [0.25, 0.3) is 0 Å². The van der Waals surface area contributed by atoms with Gasteiger partial charge < -0.3 is 9.84 Å². The van der Waals surface area contributed by atoms with Crippen molar-refractivity contribution < 1.29 is 18.6 Å². The molecule has 0 radical (unpaired) electrons. The number of aliphatic hydroxyl groups is 1. The van der Waals surface area contributed by atoms with E-state index in [1.54, 1.807) is 0 Å². The zero-order valence-electron chi connectivity index (χ0n) is 8.83. The minimum Gasteiger partial charge on any atom is -0.390 e. The van der Waals surface area contributed by atoms with E-state index in [2.05, 4.69) is 0 Å². The number of halogens is 2. The molecule has 0 spiro atoms. The highest BCUT2D eigenvalue weighted by Crippen LogP contribution is 2.20. The van der Waals surface area contributed by atoms with E-state index >= 15 is 0 Å². The first kappa shape index (κ1) is 11.5. The van der Waals surface area contributed by atoms with Gasteiger partial charge in [-0.2, -0.15) is 0 Å². The van der Waals surface area contributed by atoms with Crippen molar-refractivity contribution in [2.24, 2.45) is 0 Å². The summed E-state index contributed by atoms with van der Waals surface area (Å²) < 4.78 is 31.5. The lowest BCUT2D eigenvalue weighted by atomic mass is 10.0. The van der Waals surface area contributed by atoms with Gasteiger partial charge in [-0.3, -0.25) is 0 Å². The molecule has 0 saturated carbocycles. The second-order valence-corrected chi connectivity index (χ2v) is 4.04. The molecule has 88 valence electrons. The Morgan fingerprint density at radius 3 is 2.94 bits per heavy atom. The Hall–Kier alpha value is -1.00. The molecule has 2 nitrogen and oxygen atoms in total.